The second kappa shape index (κ2) is 11.0. The first kappa shape index (κ1) is 28.4. The maximum atomic E-state index is 2.46. The van der Waals surface area contributed by atoms with Crippen molar-refractivity contribution in [2.75, 3.05) is 0 Å². The van der Waals surface area contributed by atoms with Crippen LogP contribution in [0.15, 0.2) is 182 Å². The minimum atomic E-state index is 1.17. The van der Waals surface area contributed by atoms with Crippen LogP contribution in [-0.2, 0) is 0 Å². The van der Waals surface area contributed by atoms with Crippen molar-refractivity contribution >= 4 is 75.1 Å². The van der Waals surface area contributed by atoms with Gasteiger partial charge in [0.2, 0.25) is 0 Å². The second-order valence-electron chi connectivity index (χ2n) is 13.4. The van der Waals surface area contributed by atoms with Crippen LogP contribution < -0.4 is 0 Å². The molecule has 2 nitrogen and oxygen atoms in total. The van der Waals surface area contributed by atoms with E-state index < -0.39 is 0 Å². The highest BCUT2D eigenvalue weighted by Gasteiger charge is 2.18. The van der Waals surface area contributed by atoms with Crippen molar-refractivity contribution in [1.29, 1.82) is 0 Å². The van der Waals surface area contributed by atoms with Crippen LogP contribution in [0.3, 0.4) is 0 Å². The van der Waals surface area contributed by atoms with E-state index in [-0.39, 0.29) is 0 Å². The fourth-order valence-electron chi connectivity index (χ4n) is 8.16. The Labute approximate surface area is 298 Å². The summed E-state index contributed by atoms with van der Waals surface area (Å²) in [5, 5.41) is 7.70. The molecule has 3 heterocycles. The van der Waals surface area contributed by atoms with E-state index in [1.807, 2.05) is 11.3 Å². The predicted octanol–water partition coefficient (Wildman–Crippen LogP) is 13.6. The van der Waals surface area contributed by atoms with Gasteiger partial charge in [-0.1, -0.05) is 109 Å². The molecule has 0 fully saturated rings. The molecule has 11 aromatic rings. The maximum Gasteiger partial charge on any atom is 0.0555 e. The van der Waals surface area contributed by atoms with E-state index in [0.717, 1.165) is 0 Å². The largest absolute Gasteiger partial charge is 0.309 e. The standard InChI is InChI=1S/C48H30N2S/c1-3-12-31(13-4-1)32-14-11-17-36(26-32)50-45-25-23-34(28-40(45)41-29-42-38-19-8-10-21-47(38)51-48(42)30-46(41)50)33-22-24-44-39(27-33)37-18-7-9-20-43(37)49(44)35-15-5-2-6-16-35/h1-30H. The van der Waals surface area contributed by atoms with Gasteiger partial charge in [0.1, 0.15) is 0 Å². The predicted molar refractivity (Wildman–Crippen MR) is 219 cm³/mol. The third-order valence-electron chi connectivity index (χ3n) is 10.5. The van der Waals surface area contributed by atoms with E-state index in [9.17, 15) is 0 Å². The van der Waals surface area contributed by atoms with Gasteiger partial charge in [-0.25, -0.2) is 0 Å². The minimum absolute atomic E-state index is 1.17. The molecule has 3 aromatic heterocycles. The molecule has 0 spiro atoms. The van der Waals surface area contributed by atoms with Crippen LogP contribution in [0.25, 0.3) is 97.4 Å². The highest BCUT2D eigenvalue weighted by Crippen LogP contribution is 2.42. The molecule has 51 heavy (non-hydrogen) atoms. The smallest absolute Gasteiger partial charge is 0.0555 e. The van der Waals surface area contributed by atoms with E-state index in [4.69, 9.17) is 0 Å². The zero-order valence-corrected chi connectivity index (χ0v) is 28.4. The highest BCUT2D eigenvalue weighted by atomic mass is 32.1. The number of para-hydroxylation sites is 2. The molecular formula is C48H30N2S. The fraction of sp³-hybridized carbons (Fsp3) is 0. The number of nitrogens with zero attached hydrogens (tertiary/aromatic N) is 2. The highest BCUT2D eigenvalue weighted by molar-refractivity contribution is 7.25. The van der Waals surface area contributed by atoms with Crippen LogP contribution in [0.5, 0.6) is 0 Å². The molecule has 0 saturated carbocycles. The van der Waals surface area contributed by atoms with Crippen molar-refractivity contribution in [2.24, 2.45) is 0 Å². The average Bonchev–Trinajstić information content (AvgIpc) is 3.84. The van der Waals surface area contributed by atoms with Crippen LogP contribution in [0.4, 0.5) is 0 Å². The quantitative estimate of drug-likeness (QED) is 0.177. The number of hydrogen-bond acceptors (Lipinski definition) is 1. The Hall–Kier alpha value is -6.42. The van der Waals surface area contributed by atoms with Crippen LogP contribution >= 0.6 is 11.3 Å². The lowest BCUT2D eigenvalue weighted by Gasteiger charge is -2.11. The van der Waals surface area contributed by atoms with E-state index in [1.165, 1.54) is 97.4 Å². The van der Waals surface area contributed by atoms with Gasteiger partial charge in [0, 0.05) is 53.1 Å². The molecule has 0 aliphatic carbocycles. The fourth-order valence-corrected chi connectivity index (χ4v) is 9.28. The van der Waals surface area contributed by atoms with Gasteiger partial charge in [-0.2, -0.15) is 0 Å². The summed E-state index contributed by atoms with van der Waals surface area (Å²) in [6, 6.07) is 66.7. The minimum Gasteiger partial charge on any atom is -0.309 e. The molecule has 0 aliphatic heterocycles. The van der Waals surface area contributed by atoms with Crippen molar-refractivity contribution in [2.45, 2.75) is 0 Å². The van der Waals surface area contributed by atoms with Crippen molar-refractivity contribution in [3.05, 3.63) is 182 Å². The van der Waals surface area contributed by atoms with Gasteiger partial charge < -0.3 is 9.13 Å². The first-order valence-corrected chi connectivity index (χ1v) is 18.2. The van der Waals surface area contributed by atoms with E-state index in [2.05, 4.69) is 191 Å². The van der Waals surface area contributed by atoms with E-state index in [1.54, 1.807) is 0 Å². The molecule has 0 saturated heterocycles. The first-order valence-electron chi connectivity index (χ1n) is 17.4. The molecular weight excluding hydrogens is 637 g/mol. The molecule has 0 radical (unpaired) electrons. The Bertz CT molecular complexity index is 3130. The summed E-state index contributed by atoms with van der Waals surface area (Å²) in [4.78, 5) is 0. The zero-order valence-electron chi connectivity index (χ0n) is 27.6. The summed E-state index contributed by atoms with van der Waals surface area (Å²) >= 11 is 1.88. The molecule has 0 N–H and O–H groups in total. The normalized spacial score (nSPS) is 11.9. The Morgan fingerprint density at radius 2 is 0.824 bits per heavy atom. The number of rotatable bonds is 4. The average molecular weight is 667 g/mol. The Kier molecular flexibility index (Phi) is 6.16. The summed E-state index contributed by atoms with van der Waals surface area (Å²) in [5.41, 5.74) is 12.1. The summed E-state index contributed by atoms with van der Waals surface area (Å²) in [6.07, 6.45) is 0. The summed E-state index contributed by atoms with van der Waals surface area (Å²) in [7, 11) is 0. The third-order valence-corrected chi connectivity index (χ3v) is 11.6. The number of aromatic nitrogens is 2. The molecule has 0 bridgehead atoms. The summed E-state index contributed by atoms with van der Waals surface area (Å²) in [6.45, 7) is 0. The van der Waals surface area contributed by atoms with E-state index >= 15 is 0 Å². The van der Waals surface area contributed by atoms with Gasteiger partial charge in [0.05, 0.1) is 22.1 Å². The van der Waals surface area contributed by atoms with Crippen molar-refractivity contribution in [3.63, 3.8) is 0 Å². The molecule has 0 amide bonds. The number of fused-ring (bicyclic) bond motifs is 9. The molecule has 8 aromatic carbocycles. The lowest BCUT2D eigenvalue weighted by Crippen LogP contribution is -1.94. The van der Waals surface area contributed by atoms with Gasteiger partial charge in [-0.05, 0) is 95.1 Å². The van der Waals surface area contributed by atoms with Crippen molar-refractivity contribution in [3.8, 4) is 33.6 Å². The molecule has 0 aliphatic rings. The second-order valence-corrected chi connectivity index (χ2v) is 14.5. The topological polar surface area (TPSA) is 9.86 Å². The summed E-state index contributed by atoms with van der Waals surface area (Å²) in [5.74, 6) is 0. The zero-order chi connectivity index (χ0) is 33.5. The molecule has 238 valence electrons. The Balaban J connectivity index is 1.16. The lowest BCUT2D eigenvalue weighted by molar-refractivity contribution is 1.18. The molecule has 11 rings (SSSR count). The first-order chi connectivity index (χ1) is 25.3. The van der Waals surface area contributed by atoms with Crippen LogP contribution in [0, 0.1) is 0 Å². The van der Waals surface area contributed by atoms with Crippen LogP contribution in [-0.4, -0.2) is 9.13 Å². The molecule has 3 heteroatoms. The van der Waals surface area contributed by atoms with Crippen molar-refractivity contribution < 1.29 is 0 Å². The lowest BCUT2D eigenvalue weighted by atomic mass is 10.00. The molecule has 0 atom stereocenters. The SMILES string of the molecule is c1ccc(-c2cccc(-n3c4ccc(-c5ccc6c(c5)c5ccccc5n6-c5ccccc5)cc4c4cc5c(cc43)sc3ccccc35)c2)cc1. The number of hydrogen-bond donors (Lipinski definition) is 0. The van der Waals surface area contributed by atoms with Crippen LogP contribution in [0.2, 0.25) is 0 Å². The maximum absolute atomic E-state index is 2.46. The van der Waals surface area contributed by atoms with Crippen LogP contribution in [0.1, 0.15) is 0 Å². The Morgan fingerprint density at radius 3 is 1.61 bits per heavy atom. The van der Waals surface area contributed by atoms with Gasteiger partial charge in [-0.3, -0.25) is 0 Å². The molecule has 0 unspecified atom stereocenters. The van der Waals surface area contributed by atoms with Gasteiger partial charge in [-0.15, -0.1) is 11.3 Å². The van der Waals surface area contributed by atoms with Gasteiger partial charge in [0.15, 0.2) is 0 Å². The third kappa shape index (κ3) is 4.35. The Morgan fingerprint density at radius 1 is 0.275 bits per heavy atom. The number of thiophene rings is 1. The number of benzene rings is 8. The van der Waals surface area contributed by atoms with Gasteiger partial charge in [0.25, 0.3) is 0 Å². The monoisotopic (exact) mass is 666 g/mol. The van der Waals surface area contributed by atoms with E-state index in [0.29, 0.717) is 0 Å². The van der Waals surface area contributed by atoms with Gasteiger partial charge >= 0.3 is 0 Å². The van der Waals surface area contributed by atoms with Crippen molar-refractivity contribution in [1.82, 2.24) is 9.13 Å². The summed E-state index contributed by atoms with van der Waals surface area (Å²) < 4.78 is 7.48.